The van der Waals surface area contributed by atoms with Crippen LogP contribution in [0, 0.1) is 0 Å². The van der Waals surface area contributed by atoms with E-state index in [0.717, 1.165) is 94.5 Å². The Morgan fingerprint density at radius 1 is 1.18 bits per heavy atom. The number of anilines is 1. The highest BCUT2D eigenvalue weighted by atomic mass is 16.2. The fraction of sp³-hybridized carbons (Fsp3) is 0.600. The van der Waals surface area contributed by atoms with Crippen molar-refractivity contribution in [2.75, 3.05) is 51.1 Å². The zero-order valence-electron chi connectivity index (χ0n) is 20.1. The van der Waals surface area contributed by atoms with Gasteiger partial charge in [-0.3, -0.25) is 15.3 Å². The summed E-state index contributed by atoms with van der Waals surface area (Å²) in [7, 11) is 0. The van der Waals surface area contributed by atoms with Crippen LogP contribution in [0.5, 0.6) is 0 Å². The molecule has 182 valence electrons. The van der Waals surface area contributed by atoms with Gasteiger partial charge < -0.3 is 15.5 Å². The lowest BCUT2D eigenvalue weighted by molar-refractivity contribution is 0.217. The monoisotopic (exact) mass is 464 g/mol. The predicted molar refractivity (Wildman–Crippen MR) is 135 cm³/mol. The highest BCUT2D eigenvalue weighted by Crippen LogP contribution is 2.29. The first-order valence-electron chi connectivity index (χ1n) is 12.6. The molecule has 1 unspecified atom stereocenters. The number of hydrogen-bond donors (Lipinski definition) is 3. The zero-order valence-corrected chi connectivity index (χ0v) is 20.1. The van der Waals surface area contributed by atoms with Crippen LogP contribution in [0.2, 0.25) is 0 Å². The Morgan fingerprint density at radius 3 is 2.82 bits per heavy atom. The van der Waals surface area contributed by atoms with Gasteiger partial charge in [0.1, 0.15) is 5.82 Å². The first-order valence-corrected chi connectivity index (χ1v) is 12.6. The van der Waals surface area contributed by atoms with Gasteiger partial charge >= 0.3 is 6.03 Å². The molecule has 5 rings (SSSR count). The number of carbonyl (C=O) groups excluding carboxylic acids is 1. The number of pyridine rings is 2. The molecule has 2 aromatic rings. The predicted octanol–water partition coefficient (Wildman–Crippen LogP) is 2.76. The standard InChI is InChI=1S/C25H36N8O/c1-25(7-2-3-8-25)31-24(34)30-23-6-5-21-22(29-23)15-19(16-27-21)20-17-28-33(18-20)12-4-11-32-13-9-26-10-14-32/h5-6,15-17,20,26H,2-4,7-14,18H2,1H3,(H2,29,30,31,34). The van der Waals surface area contributed by atoms with Gasteiger partial charge in [-0.25, -0.2) is 9.78 Å². The molecular formula is C25H36N8O. The topological polar surface area (TPSA) is 97.8 Å². The van der Waals surface area contributed by atoms with E-state index < -0.39 is 0 Å². The van der Waals surface area contributed by atoms with Crippen LogP contribution in [0.4, 0.5) is 10.6 Å². The summed E-state index contributed by atoms with van der Waals surface area (Å²) in [5.41, 5.74) is 2.59. The number of rotatable bonds is 7. The van der Waals surface area contributed by atoms with Crippen LogP contribution in [0.3, 0.4) is 0 Å². The third-order valence-corrected chi connectivity index (χ3v) is 7.27. The van der Waals surface area contributed by atoms with E-state index in [1.807, 2.05) is 24.5 Å². The molecule has 2 amide bonds. The Balaban J connectivity index is 1.16. The van der Waals surface area contributed by atoms with Crippen molar-refractivity contribution in [1.82, 2.24) is 30.5 Å². The fourth-order valence-corrected chi connectivity index (χ4v) is 5.24. The van der Waals surface area contributed by atoms with Gasteiger partial charge in [0.2, 0.25) is 0 Å². The second kappa shape index (κ2) is 10.2. The van der Waals surface area contributed by atoms with Gasteiger partial charge in [0.05, 0.1) is 11.0 Å². The SMILES string of the molecule is CC1(NC(=O)Nc2ccc3ncc(C4C=NN(CCCN5CCNCC5)C4)cc3n2)CCCC1. The Hall–Kier alpha value is -2.78. The molecular weight excluding hydrogens is 428 g/mol. The van der Waals surface area contributed by atoms with Crippen LogP contribution < -0.4 is 16.0 Å². The van der Waals surface area contributed by atoms with E-state index in [1.165, 1.54) is 0 Å². The van der Waals surface area contributed by atoms with Gasteiger partial charge in [-0.2, -0.15) is 5.10 Å². The highest BCUT2D eigenvalue weighted by Gasteiger charge is 2.30. The van der Waals surface area contributed by atoms with E-state index in [1.54, 1.807) is 0 Å². The van der Waals surface area contributed by atoms with Crippen LogP contribution in [0.15, 0.2) is 29.5 Å². The second-order valence-electron chi connectivity index (χ2n) is 10.1. The zero-order chi connectivity index (χ0) is 23.4. The second-order valence-corrected chi connectivity index (χ2v) is 10.1. The van der Waals surface area contributed by atoms with Crippen molar-refractivity contribution in [3.05, 3.63) is 30.0 Å². The molecule has 2 fully saturated rings. The Bertz CT molecular complexity index is 1030. The van der Waals surface area contributed by atoms with Gasteiger partial charge in [-0.05, 0) is 56.5 Å². The average molecular weight is 465 g/mol. The van der Waals surface area contributed by atoms with E-state index in [0.29, 0.717) is 5.82 Å². The van der Waals surface area contributed by atoms with E-state index in [9.17, 15) is 4.79 Å². The normalized spacial score (nSPS) is 22.4. The van der Waals surface area contributed by atoms with Gasteiger partial charge in [0, 0.05) is 63.1 Å². The lowest BCUT2D eigenvalue weighted by Gasteiger charge is -2.27. The summed E-state index contributed by atoms with van der Waals surface area (Å²) in [5.74, 6) is 0.750. The third-order valence-electron chi connectivity index (χ3n) is 7.27. The number of urea groups is 1. The first kappa shape index (κ1) is 23.0. The van der Waals surface area contributed by atoms with Crippen molar-refractivity contribution < 1.29 is 4.79 Å². The van der Waals surface area contributed by atoms with Crippen LogP contribution in [-0.4, -0.2) is 83.5 Å². The number of piperazine rings is 1. The maximum atomic E-state index is 12.5. The fourth-order valence-electron chi connectivity index (χ4n) is 5.24. The largest absolute Gasteiger partial charge is 0.333 e. The number of aromatic nitrogens is 2. The average Bonchev–Trinajstić information content (AvgIpc) is 3.48. The molecule has 0 spiro atoms. The van der Waals surface area contributed by atoms with E-state index in [2.05, 4.69) is 53.9 Å². The quantitative estimate of drug-likeness (QED) is 0.583. The first-order chi connectivity index (χ1) is 16.6. The number of carbonyl (C=O) groups is 1. The lowest BCUT2D eigenvalue weighted by atomic mass is 10.0. The number of nitrogens with one attached hydrogen (secondary N) is 3. The molecule has 0 bridgehead atoms. The number of hydrazone groups is 1. The molecule has 34 heavy (non-hydrogen) atoms. The van der Waals surface area contributed by atoms with E-state index in [-0.39, 0.29) is 17.5 Å². The van der Waals surface area contributed by atoms with E-state index in [4.69, 9.17) is 0 Å². The van der Waals surface area contributed by atoms with Crippen LogP contribution in [0.25, 0.3) is 11.0 Å². The number of fused-ring (bicyclic) bond motifs is 1. The molecule has 2 aromatic heterocycles. The Morgan fingerprint density at radius 2 is 2.00 bits per heavy atom. The van der Waals surface area contributed by atoms with Crippen molar-refractivity contribution in [1.29, 1.82) is 0 Å². The van der Waals surface area contributed by atoms with Crippen LogP contribution >= 0.6 is 0 Å². The molecule has 3 aliphatic rings. The van der Waals surface area contributed by atoms with Gasteiger partial charge in [0.25, 0.3) is 0 Å². The minimum Gasteiger partial charge on any atom is -0.333 e. The summed E-state index contributed by atoms with van der Waals surface area (Å²) < 4.78 is 0. The van der Waals surface area contributed by atoms with Crippen molar-refractivity contribution in [3.63, 3.8) is 0 Å². The molecule has 0 aromatic carbocycles. The summed E-state index contributed by atoms with van der Waals surface area (Å²) >= 11 is 0. The van der Waals surface area contributed by atoms with Crippen molar-refractivity contribution in [2.45, 2.75) is 50.5 Å². The summed E-state index contributed by atoms with van der Waals surface area (Å²) in [5, 5.41) is 16.2. The molecule has 9 heteroatoms. The molecule has 1 atom stereocenters. The number of nitrogens with zero attached hydrogens (tertiary/aromatic N) is 5. The summed E-state index contributed by atoms with van der Waals surface area (Å²) in [6, 6.07) is 5.59. The minimum atomic E-state index is -0.195. The molecule has 1 aliphatic carbocycles. The molecule has 4 heterocycles. The smallest absolute Gasteiger partial charge is 0.320 e. The summed E-state index contributed by atoms with van der Waals surface area (Å²) in [4.78, 5) is 24.3. The van der Waals surface area contributed by atoms with Crippen molar-refractivity contribution in [3.8, 4) is 0 Å². The summed E-state index contributed by atoms with van der Waals surface area (Å²) in [6.07, 6.45) is 9.44. The van der Waals surface area contributed by atoms with Crippen molar-refractivity contribution in [2.24, 2.45) is 5.10 Å². The Kier molecular flexibility index (Phi) is 6.92. The van der Waals surface area contributed by atoms with Gasteiger partial charge in [-0.1, -0.05) is 12.8 Å². The molecule has 1 saturated heterocycles. The van der Waals surface area contributed by atoms with Crippen LogP contribution in [-0.2, 0) is 0 Å². The van der Waals surface area contributed by atoms with Gasteiger partial charge in [-0.15, -0.1) is 0 Å². The molecule has 2 aliphatic heterocycles. The molecule has 3 N–H and O–H groups in total. The molecule has 0 radical (unpaired) electrons. The van der Waals surface area contributed by atoms with Crippen LogP contribution in [0.1, 0.15) is 50.5 Å². The van der Waals surface area contributed by atoms with E-state index >= 15 is 0 Å². The Labute approximate surface area is 201 Å². The maximum Gasteiger partial charge on any atom is 0.320 e. The minimum absolute atomic E-state index is 0.117. The maximum absolute atomic E-state index is 12.5. The molecule has 1 saturated carbocycles. The van der Waals surface area contributed by atoms with Gasteiger partial charge in [0.15, 0.2) is 0 Å². The van der Waals surface area contributed by atoms with Crippen molar-refractivity contribution >= 4 is 29.1 Å². The number of amides is 2. The highest BCUT2D eigenvalue weighted by molar-refractivity contribution is 5.90. The third kappa shape index (κ3) is 5.64. The number of hydrogen-bond acceptors (Lipinski definition) is 7. The molecule has 9 nitrogen and oxygen atoms in total. The summed E-state index contributed by atoms with van der Waals surface area (Å²) in [6.45, 7) is 9.54. The lowest BCUT2D eigenvalue weighted by Crippen LogP contribution is -2.45.